The number of benzene rings is 3. The number of rotatable bonds is 8. The zero-order valence-electron chi connectivity index (χ0n) is 18.7. The standard InChI is InChI=1S/C27H31N3O2/c1-32-25-13-11-23(12-14-25)20-29-15-17-30(18-16-29)21-27(31)28-26-10-6-5-9-24(26)19-22-7-3-2-4-8-22/h2-14H,15-21H2,1H3,(H,28,31). The summed E-state index contributed by atoms with van der Waals surface area (Å²) in [6, 6.07) is 26.7. The molecule has 0 bridgehead atoms. The lowest BCUT2D eigenvalue weighted by Gasteiger charge is -2.34. The minimum Gasteiger partial charge on any atom is -0.497 e. The molecule has 1 aliphatic rings. The van der Waals surface area contributed by atoms with Crippen LogP contribution in [0.25, 0.3) is 0 Å². The van der Waals surface area contributed by atoms with Crippen molar-refractivity contribution in [2.45, 2.75) is 13.0 Å². The van der Waals surface area contributed by atoms with E-state index < -0.39 is 0 Å². The lowest BCUT2D eigenvalue weighted by molar-refractivity contribution is -0.117. The summed E-state index contributed by atoms with van der Waals surface area (Å²) in [4.78, 5) is 17.4. The van der Waals surface area contributed by atoms with Crippen molar-refractivity contribution in [3.63, 3.8) is 0 Å². The van der Waals surface area contributed by atoms with Gasteiger partial charge in [-0.1, -0.05) is 60.7 Å². The number of nitrogens with zero attached hydrogens (tertiary/aromatic N) is 2. The molecule has 0 saturated carbocycles. The Morgan fingerprint density at radius 1 is 0.812 bits per heavy atom. The van der Waals surface area contributed by atoms with Crippen LogP contribution in [-0.2, 0) is 17.8 Å². The third kappa shape index (κ3) is 6.19. The Morgan fingerprint density at radius 2 is 1.47 bits per heavy atom. The molecule has 4 rings (SSSR count). The first-order valence-corrected chi connectivity index (χ1v) is 11.2. The highest BCUT2D eigenvalue weighted by Gasteiger charge is 2.19. The first kappa shape index (κ1) is 22.1. The largest absolute Gasteiger partial charge is 0.497 e. The zero-order valence-corrected chi connectivity index (χ0v) is 18.7. The van der Waals surface area contributed by atoms with Gasteiger partial charge in [-0.05, 0) is 41.3 Å². The molecule has 1 aliphatic heterocycles. The van der Waals surface area contributed by atoms with E-state index in [0.29, 0.717) is 6.54 Å². The van der Waals surface area contributed by atoms with Crippen LogP contribution in [0.4, 0.5) is 5.69 Å². The molecule has 166 valence electrons. The number of amides is 1. The molecule has 0 unspecified atom stereocenters. The molecule has 3 aromatic rings. The summed E-state index contributed by atoms with van der Waals surface area (Å²) >= 11 is 0. The Hall–Kier alpha value is -3.15. The van der Waals surface area contributed by atoms with Crippen LogP contribution in [0, 0.1) is 0 Å². The number of para-hydroxylation sites is 1. The van der Waals surface area contributed by atoms with Crippen molar-refractivity contribution in [2.24, 2.45) is 0 Å². The third-order valence-corrected chi connectivity index (χ3v) is 5.93. The van der Waals surface area contributed by atoms with E-state index in [-0.39, 0.29) is 5.91 Å². The summed E-state index contributed by atoms with van der Waals surface area (Å²) in [6.45, 7) is 5.07. The molecule has 5 heteroatoms. The molecule has 0 atom stereocenters. The van der Waals surface area contributed by atoms with Crippen LogP contribution in [0.5, 0.6) is 5.75 Å². The van der Waals surface area contributed by atoms with E-state index >= 15 is 0 Å². The van der Waals surface area contributed by atoms with Gasteiger partial charge in [0.15, 0.2) is 0 Å². The minimum atomic E-state index is 0.0501. The maximum absolute atomic E-state index is 12.7. The summed E-state index contributed by atoms with van der Waals surface area (Å²) in [5.41, 5.74) is 4.56. The van der Waals surface area contributed by atoms with Gasteiger partial charge in [0.2, 0.25) is 5.91 Å². The Kier molecular flexibility index (Phi) is 7.54. The van der Waals surface area contributed by atoms with Gasteiger partial charge < -0.3 is 10.1 Å². The van der Waals surface area contributed by atoms with Crippen LogP contribution in [0.1, 0.15) is 16.7 Å². The second-order valence-electron chi connectivity index (χ2n) is 8.27. The van der Waals surface area contributed by atoms with Gasteiger partial charge in [-0.25, -0.2) is 0 Å². The predicted molar refractivity (Wildman–Crippen MR) is 129 cm³/mol. The van der Waals surface area contributed by atoms with E-state index in [2.05, 4.69) is 45.4 Å². The number of hydrogen-bond acceptors (Lipinski definition) is 4. The Balaban J connectivity index is 1.26. The molecule has 0 aromatic heterocycles. The summed E-state index contributed by atoms with van der Waals surface area (Å²) in [5, 5.41) is 3.13. The third-order valence-electron chi connectivity index (χ3n) is 5.93. The number of ether oxygens (including phenoxy) is 1. The Labute approximate surface area is 190 Å². The van der Waals surface area contributed by atoms with Crippen molar-refractivity contribution >= 4 is 11.6 Å². The van der Waals surface area contributed by atoms with E-state index in [4.69, 9.17) is 4.74 Å². The highest BCUT2D eigenvalue weighted by molar-refractivity contribution is 5.93. The molecule has 0 aliphatic carbocycles. The average molecular weight is 430 g/mol. The lowest BCUT2D eigenvalue weighted by Crippen LogP contribution is -2.48. The Bertz CT molecular complexity index is 997. The minimum absolute atomic E-state index is 0.0501. The lowest BCUT2D eigenvalue weighted by atomic mass is 10.0. The maximum Gasteiger partial charge on any atom is 0.238 e. The van der Waals surface area contributed by atoms with E-state index in [1.165, 1.54) is 11.1 Å². The average Bonchev–Trinajstić information content (AvgIpc) is 2.83. The number of nitrogens with one attached hydrogen (secondary N) is 1. The Morgan fingerprint density at radius 3 is 2.19 bits per heavy atom. The quantitative estimate of drug-likeness (QED) is 0.587. The van der Waals surface area contributed by atoms with Crippen molar-refractivity contribution in [1.82, 2.24) is 9.80 Å². The maximum atomic E-state index is 12.7. The molecule has 1 fully saturated rings. The smallest absolute Gasteiger partial charge is 0.238 e. The molecule has 5 nitrogen and oxygen atoms in total. The predicted octanol–water partition coefficient (Wildman–Crippen LogP) is 4.04. The van der Waals surface area contributed by atoms with Crippen LogP contribution in [0.2, 0.25) is 0 Å². The van der Waals surface area contributed by atoms with Crippen molar-refractivity contribution in [3.05, 3.63) is 95.6 Å². The number of methoxy groups -OCH3 is 1. The molecule has 1 amide bonds. The summed E-state index contributed by atoms with van der Waals surface area (Å²) in [7, 11) is 1.69. The molecule has 0 spiro atoms. The molecule has 1 N–H and O–H groups in total. The summed E-state index contributed by atoms with van der Waals surface area (Å²) in [5.74, 6) is 0.934. The normalized spacial score (nSPS) is 14.8. The van der Waals surface area contributed by atoms with Gasteiger partial charge in [-0.2, -0.15) is 0 Å². The van der Waals surface area contributed by atoms with Crippen LogP contribution >= 0.6 is 0 Å². The van der Waals surface area contributed by atoms with Gasteiger partial charge in [0.1, 0.15) is 5.75 Å². The van der Waals surface area contributed by atoms with Crippen LogP contribution < -0.4 is 10.1 Å². The second-order valence-corrected chi connectivity index (χ2v) is 8.27. The van der Waals surface area contributed by atoms with Crippen LogP contribution in [0.15, 0.2) is 78.9 Å². The molecule has 32 heavy (non-hydrogen) atoms. The fourth-order valence-electron chi connectivity index (χ4n) is 4.10. The second kappa shape index (κ2) is 10.9. The molecule has 3 aromatic carbocycles. The number of hydrogen-bond donors (Lipinski definition) is 1. The van der Waals surface area contributed by atoms with Gasteiger partial charge in [0, 0.05) is 38.4 Å². The first-order chi connectivity index (χ1) is 15.7. The van der Waals surface area contributed by atoms with Gasteiger partial charge in [0.05, 0.1) is 13.7 Å². The van der Waals surface area contributed by atoms with Crippen molar-refractivity contribution in [1.29, 1.82) is 0 Å². The highest BCUT2D eigenvalue weighted by atomic mass is 16.5. The van der Waals surface area contributed by atoms with Gasteiger partial charge in [-0.3, -0.25) is 14.6 Å². The molecular weight excluding hydrogens is 398 g/mol. The van der Waals surface area contributed by atoms with Crippen molar-refractivity contribution < 1.29 is 9.53 Å². The van der Waals surface area contributed by atoms with Gasteiger partial charge in [-0.15, -0.1) is 0 Å². The van der Waals surface area contributed by atoms with E-state index in [1.54, 1.807) is 7.11 Å². The molecule has 1 saturated heterocycles. The number of carbonyl (C=O) groups excluding carboxylic acids is 1. The fraction of sp³-hybridized carbons (Fsp3) is 0.296. The SMILES string of the molecule is COc1ccc(CN2CCN(CC(=O)Nc3ccccc3Cc3ccccc3)CC2)cc1. The van der Waals surface area contributed by atoms with Crippen LogP contribution in [-0.4, -0.2) is 55.5 Å². The van der Waals surface area contributed by atoms with Crippen LogP contribution in [0.3, 0.4) is 0 Å². The summed E-state index contributed by atoms with van der Waals surface area (Å²) in [6.07, 6.45) is 0.807. The summed E-state index contributed by atoms with van der Waals surface area (Å²) < 4.78 is 5.23. The first-order valence-electron chi connectivity index (χ1n) is 11.2. The van der Waals surface area contributed by atoms with Gasteiger partial charge in [0.25, 0.3) is 0 Å². The number of carbonyl (C=O) groups is 1. The number of piperazine rings is 1. The highest BCUT2D eigenvalue weighted by Crippen LogP contribution is 2.19. The van der Waals surface area contributed by atoms with E-state index in [9.17, 15) is 4.79 Å². The topological polar surface area (TPSA) is 44.8 Å². The zero-order chi connectivity index (χ0) is 22.2. The van der Waals surface area contributed by atoms with E-state index in [0.717, 1.165) is 56.1 Å². The van der Waals surface area contributed by atoms with Gasteiger partial charge >= 0.3 is 0 Å². The molecule has 1 heterocycles. The van der Waals surface area contributed by atoms with E-state index in [1.807, 2.05) is 48.5 Å². The van der Waals surface area contributed by atoms with Crippen molar-refractivity contribution in [3.8, 4) is 5.75 Å². The monoisotopic (exact) mass is 429 g/mol. The number of anilines is 1. The fourth-order valence-corrected chi connectivity index (χ4v) is 4.10. The van der Waals surface area contributed by atoms with Crippen molar-refractivity contribution in [2.75, 3.05) is 45.2 Å². The molecule has 0 radical (unpaired) electrons. The molecular formula is C27H31N3O2.